The molecule has 0 radical (unpaired) electrons. The van der Waals surface area contributed by atoms with Crippen molar-refractivity contribution >= 4 is 22.7 Å². The van der Waals surface area contributed by atoms with Crippen LogP contribution in [0.3, 0.4) is 0 Å². The van der Waals surface area contributed by atoms with Crippen LogP contribution in [0.15, 0.2) is 60.7 Å². The quantitative estimate of drug-likeness (QED) is 0.375. The van der Waals surface area contributed by atoms with Gasteiger partial charge in [0, 0.05) is 32.1 Å². The van der Waals surface area contributed by atoms with Crippen molar-refractivity contribution < 1.29 is 0 Å². The van der Waals surface area contributed by atoms with E-state index in [-0.39, 0.29) is 0 Å². The van der Waals surface area contributed by atoms with Crippen LogP contribution in [0.1, 0.15) is 42.3 Å². The second kappa shape index (κ2) is 9.62. The Morgan fingerprint density at radius 2 is 1.71 bits per heavy atom. The van der Waals surface area contributed by atoms with Crippen molar-refractivity contribution in [3.63, 3.8) is 0 Å². The number of hydrogen-bond donors (Lipinski definition) is 3. The van der Waals surface area contributed by atoms with Gasteiger partial charge in [-0.05, 0) is 23.1 Å². The van der Waals surface area contributed by atoms with Crippen molar-refractivity contribution in [2.45, 2.75) is 45.8 Å². The molecule has 0 aliphatic rings. The number of pyridine rings is 1. The Morgan fingerprint density at radius 1 is 0.935 bits per heavy atom. The van der Waals surface area contributed by atoms with Crippen LogP contribution >= 0.6 is 0 Å². The maximum Gasteiger partial charge on any atom is 0.154 e. The number of aryl methyl sites for hydroxylation is 1. The number of anilines is 2. The maximum atomic E-state index is 6.33. The largest absolute Gasteiger partial charge is 0.382 e. The molecule has 0 aliphatic heterocycles. The number of rotatable bonds is 9. The standard InChI is InChI=1S/C25H30N6/c1-2-3-12-23-30-24-21(31(23)17-18-8-5-4-6-9-18)14-22(29-25(24)27)28-16-20-11-7-10-19(13-20)15-26/h4-11,13-14H,2-3,12,15-17,26H2,1H3,(H3,27,28,29). The van der Waals surface area contributed by atoms with Crippen LogP contribution in [0, 0.1) is 0 Å². The first-order valence-electron chi connectivity index (χ1n) is 10.9. The van der Waals surface area contributed by atoms with Crippen molar-refractivity contribution in [2.75, 3.05) is 11.1 Å². The summed E-state index contributed by atoms with van der Waals surface area (Å²) in [5.41, 5.74) is 17.4. The van der Waals surface area contributed by atoms with Gasteiger partial charge in [-0.1, -0.05) is 67.9 Å². The van der Waals surface area contributed by atoms with Gasteiger partial charge in [-0.25, -0.2) is 9.97 Å². The van der Waals surface area contributed by atoms with Gasteiger partial charge < -0.3 is 21.4 Å². The molecule has 0 saturated heterocycles. The number of nitrogens with two attached hydrogens (primary N) is 2. The fraction of sp³-hybridized carbons (Fsp3) is 0.280. The molecule has 0 fully saturated rings. The minimum Gasteiger partial charge on any atom is -0.382 e. The number of fused-ring (bicyclic) bond motifs is 1. The molecule has 0 amide bonds. The second-order valence-corrected chi connectivity index (χ2v) is 7.84. The third kappa shape index (κ3) is 4.86. The topological polar surface area (TPSA) is 94.8 Å². The van der Waals surface area contributed by atoms with Crippen LogP contribution < -0.4 is 16.8 Å². The minimum atomic E-state index is 0.459. The summed E-state index contributed by atoms with van der Waals surface area (Å²) in [4.78, 5) is 9.43. The van der Waals surface area contributed by atoms with E-state index >= 15 is 0 Å². The minimum absolute atomic E-state index is 0.459. The smallest absolute Gasteiger partial charge is 0.154 e. The fourth-order valence-corrected chi connectivity index (χ4v) is 3.81. The normalized spacial score (nSPS) is 11.2. The van der Waals surface area contributed by atoms with E-state index in [2.05, 4.69) is 64.3 Å². The zero-order chi connectivity index (χ0) is 21.6. The third-order valence-electron chi connectivity index (χ3n) is 5.48. The molecule has 2 heterocycles. The number of unbranched alkanes of at least 4 members (excludes halogenated alkanes) is 1. The molecule has 4 rings (SSSR count). The van der Waals surface area contributed by atoms with E-state index in [0.29, 0.717) is 18.9 Å². The van der Waals surface area contributed by atoms with Crippen LogP contribution in [0.25, 0.3) is 11.0 Å². The molecule has 31 heavy (non-hydrogen) atoms. The molecule has 0 atom stereocenters. The Kier molecular flexibility index (Phi) is 6.48. The monoisotopic (exact) mass is 414 g/mol. The number of benzene rings is 2. The van der Waals surface area contributed by atoms with Crippen molar-refractivity contribution in [3.8, 4) is 0 Å². The first-order valence-corrected chi connectivity index (χ1v) is 10.9. The van der Waals surface area contributed by atoms with Gasteiger partial charge in [-0.3, -0.25) is 0 Å². The zero-order valence-electron chi connectivity index (χ0n) is 18.0. The molecular formula is C25H30N6. The molecular weight excluding hydrogens is 384 g/mol. The summed E-state index contributed by atoms with van der Waals surface area (Å²) in [7, 11) is 0. The summed E-state index contributed by atoms with van der Waals surface area (Å²) in [5, 5.41) is 3.42. The SMILES string of the molecule is CCCCc1nc2c(N)nc(NCc3cccc(CN)c3)cc2n1Cc1ccccc1. The summed E-state index contributed by atoms with van der Waals surface area (Å²) in [6.45, 7) is 4.14. The highest BCUT2D eigenvalue weighted by Gasteiger charge is 2.15. The van der Waals surface area contributed by atoms with E-state index in [1.54, 1.807) is 0 Å². The predicted octanol–water partition coefficient (Wildman–Crippen LogP) is 4.48. The average molecular weight is 415 g/mol. The molecule has 4 aromatic rings. The molecule has 0 bridgehead atoms. The van der Waals surface area contributed by atoms with E-state index in [9.17, 15) is 0 Å². The Labute approximate surface area is 183 Å². The number of aromatic nitrogens is 3. The van der Waals surface area contributed by atoms with Gasteiger partial charge >= 0.3 is 0 Å². The molecule has 0 spiro atoms. The number of hydrogen-bond acceptors (Lipinski definition) is 5. The van der Waals surface area contributed by atoms with Crippen LogP contribution in [-0.4, -0.2) is 14.5 Å². The molecule has 2 aromatic carbocycles. The van der Waals surface area contributed by atoms with Gasteiger partial charge in [0.2, 0.25) is 0 Å². The lowest BCUT2D eigenvalue weighted by Crippen LogP contribution is -2.07. The van der Waals surface area contributed by atoms with E-state index in [1.165, 1.54) is 5.56 Å². The predicted molar refractivity (Wildman–Crippen MR) is 128 cm³/mol. The van der Waals surface area contributed by atoms with Gasteiger partial charge in [0.05, 0.1) is 5.52 Å². The van der Waals surface area contributed by atoms with E-state index in [1.807, 2.05) is 18.2 Å². The first kappa shape index (κ1) is 20.9. The Balaban J connectivity index is 1.67. The van der Waals surface area contributed by atoms with Crippen molar-refractivity contribution in [2.24, 2.45) is 5.73 Å². The fourth-order valence-electron chi connectivity index (χ4n) is 3.81. The number of nitrogens with zero attached hydrogens (tertiary/aromatic N) is 3. The zero-order valence-corrected chi connectivity index (χ0v) is 18.0. The number of nitrogen functional groups attached to an aromatic ring is 1. The van der Waals surface area contributed by atoms with Crippen molar-refractivity contribution in [1.82, 2.24) is 14.5 Å². The highest BCUT2D eigenvalue weighted by Crippen LogP contribution is 2.26. The third-order valence-corrected chi connectivity index (χ3v) is 5.48. The van der Waals surface area contributed by atoms with Gasteiger partial charge in [0.1, 0.15) is 17.2 Å². The van der Waals surface area contributed by atoms with Crippen molar-refractivity contribution in [1.29, 1.82) is 0 Å². The number of imidazole rings is 1. The highest BCUT2D eigenvalue weighted by atomic mass is 15.1. The summed E-state index contributed by atoms with van der Waals surface area (Å²) >= 11 is 0. The second-order valence-electron chi connectivity index (χ2n) is 7.84. The Hall–Kier alpha value is -3.38. The molecule has 0 unspecified atom stereocenters. The molecule has 6 nitrogen and oxygen atoms in total. The van der Waals surface area contributed by atoms with E-state index < -0.39 is 0 Å². The molecule has 0 aliphatic carbocycles. The van der Waals surface area contributed by atoms with E-state index in [0.717, 1.165) is 59.6 Å². The van der Waals surface area contributed by atoms with Crippen LogP contribution in [0.4, 0.5) is 11.6 Å². The van der Waals surface area contributed by atoms with Gasteiger partial charge in [-0.2, -0.15) is 0 Å². The molecule has 5 N–H and O–H groups in total. The lowest BCUT2D eigenvalue weighted by molar-refractivity contribution is 0.690. The van der Waals surface area contributed by atoms with Crippen LogP contribution in [0.2, 0.25) is 0 Å². The molecule has 160 valence electrons. The van der Waals surface area contributed by atoms with Gasteiger partial charge in [0.15, 0.2) is 5.82 Å². The molecule has 0 saturated carbocycles. The van der Waals surface area contributed by atoms with Gasteiger partial charge in [0.25, 0.3) is 0 Å². The summed E-state index contributed by atoms with van der Waals surface area (Å²) in [6.07, 6.45) is 3.14. The Bertz CT molecular complexity index is 1150. The molecule has 6 heteroatoms. The van der Waals surface area contributed by atoms with Crippen LogP contribution in [0.5, 0.6) is 0 Å². The van der Waals surface area contributed by atoms with Crippen molar-refractivity contribution in [3.05, 3.63) is 83.2 Å². The maximum absolute atomic E-state index is 6.33. The first-order chi connectivity index (χ1) is 15.2. The molecule has 2 aromatic heterocycles. The lowest BCUT2D eigenvalue weighted by Gasteiger charge is -2.11. The summed E-state index contributed by atoms with van der Waals surface area (Å²) in [5.74, 6) is 2.27. The van der Waals surface area contributed by atoms with Crippen LogP contribution in [-0.2, 0) is 26.1 Å². The lowest BCUT2D eigenvalue weighted by atomic mass is 10.1. The number of nitrogens with one attached hydrogen (secondary N) is 1. The van der Waals surface area contributed by atoms with E-state index in [4.69, 9.17) is 16.5 Å². The summed E-state index contributed by atoms with van der Waals surface area (Å²) in [6, 6.07) is 20.8. The summed E-state index contributed by atoms with van der Waals surface area (Å²) < 4.78 is 2.28. The average Bonchev–Trinajstić information content (AvgIpc) is 3.15. The Morgan fingerprint density at radius 3 is 2.48 bits per heavy atom. The highest BCUT2D eigenvalue weighted by molar-refractivity contribution is 5.88. The van der Waals surface area contributed by atoms with Gasteiger partial charge in [-0.15, -0.1) is 0 Å².